The highest BCUT2D eigenvalue weighted by Gasteiger charge is 2.14. The van der Waals surface area contributed by atoms with Crippen LogP contribution in [0.15, 0.2) is 140 Å². The topological polar surface area (TPSA) is 38.7 Å². The van der Waals surface area contributed by atoms with Crippen molar-refractivity contribution in [3.63, 3.8) is 0 Å². The molecule has 0 amide bonds. The smallest absolute Gasteiger partial charge is 0.0964 e. The largest absolute Gasteiger partial charge is 0.256 e. The Morgan fingerprint density at radius 1 is 0.375 bits per heavy atom. The fraction of sp³-hybridized carbons (Fsp3) is 0. The highest BCUT2D eigenvalue weighted by atomic mass is 14.7. The molecular formula is C37H23N3. The predicted octanol–water partition coefficient (Wildman–Crippen LogP) is 9.49. The number of aromatic nitrogens is 3. The molecule has 3 nitrogen and oxygen atoms in total. The minimum absolute atomic E-state index is 0.924. The van der Waals surface area contributed by atoms with Gasteiger partial charge in [-0.2, -0.15) is 0 Å². The third-order valence-corrected chi connectivity index (χ3v) is 7.76. The van der Waals surface area contributed by atoms with Gasteiger partial charge in [-0.05, 0) is 63.4 Å². The van der Waals surface area contributed by atoms with E-state index < -0.39 is 0 Å². The summed E-state index contributed by atoms with van der Waals surface area (Å²) in [6.07, 6.45) is 5.79. The predicted molar refractivity (Wildman–Crippen MR) is 166 cm³/mol. The van der Waals surface area contributed by atoms with Crippen LogP contribution in [0.1, 0.15) is 0 Å². The summed E-state index contributed by atoms with van der Waals surface area (Å²) in [5.41, 5.74) is 9.67. The van der Waals surface area contributed by atoms with Gasteiger partial charge in [0, 0.05) is 45.9 Å². The van der Waals surface area contributed by atoms with Crippen molar-refractivity contribution in [1.82, 2.24) is 15.0 Å². The number of benzene rings is 5. The second-order valence-electron chi connectivity index (χ2n) is 10.1. The average molecular weight is 510 g/mol. The van der Waals surface area contributed by atoms with E-state index in [0.717, 1.165) is 55.0 Å². The van der Waals surface area contributed by atoms with Gasteiger partial charge in [-0.15, -0.1) is 0 Å². The van der Waals surface area contributed by atoms with E-state index in [1.165, 1.54) is 21.9 Å². The van der Waals surface area contributed by atoms with Gasteiger partial charge in [-0.25, -0.2) is 0 Å². The minimum atomic E-state index is 0.924. The average Bonchev–Trinajstić information content (AvgIpc) is 3.03. The second kappa shape index (κ2) is 9.11. The van der Waals surface area contributed by atoms with Crippen LogP contribution in [0.5, 0.6) is 0 Å². The molecule has 0 spiro atoms. The van der Waals surface area contributed by atoms with E-state index in [0.29, 0.717) is 0 Å². The maximum absolute atomic E-state index is 4.93. The van der Waals surface area contributed by atoms with Crippen molar-refractivity contribution in [1.29, 1.82) is 0 Å². The monoisotopic (exact) mass is 509 g/mol. The van der Waals surface area contributed by atoms with Crippen LogP contribution in [0.2, 0.25) is 0 Å². The molecule has 0 fully saturated rings. The zero-order valence-corrected chi connectivity index (χ0v) is 21.6. The van der Waals surface area contributed by atoms with E-state index in [9.17, 15) is 0 Å². The molecule has 0 aliphatic carbocycles. The molecule has 0 N–H and O–H groups in total. The zero-order valence-electron chi connectivity index (χ0n) is 21.6. The van der Waals surface area contributed by atoms with E-state index >= 15 is 0 Å². The van der Waals surface area contributed by atoms with Crippen molar-refractivity contribution in [3.05, 3.63) is 140 Å². The summed E-state index contributed by atoms with van der Waals surface area (Å²) in [4.78, 5) is 14.3. The van der Waals surface area contributed by atoms with Crippen LogP contribution in [0.4, 0.5) is 0 Å². The molecule has 0 atom stereocenters. The van der Waals surface area contributed by atoms with Gasteiger partial charge in [0.15, 0.2) is 0 Å². The lowest BCUT2D eigenvalue weighted by molar-refractivity contribution is 1.37. The molecule has 3 heteroatoms. The van der Waals surface area contributed by atoms with E-state index in [1.54, 1.807) is 0 Å². The van der Waals surface area contributed by atoms with Crippen LogP contribution in [0, 0.1) is 0 Å². The summed E-state index contributed by atoms with van der Waals surface area (Å²) in [6.45, 7) is 0. The van der Waals surface area contributed by atoms with Crippen molar-refractivity contribution in [2.75, 3.05) is 0 Å². The summed E-state index contributed by atoms with van der Waals surface area (Å²) < 4.78 is 0. The summed E-state index contributed by atoms with van der Waals surface area (Å²) in [5.74, 6) is 0. The molecule has 0 aliphatic heterocycles. The van der Waals surface area contributed by atoms with Crippen molar-refractivity contribution in [3.8, 4) is 33.4 Å². The van der Waals surface area contributed by atoms with Gasteiger partial charge in [0.1, 0.15) is 0 Å². The van der Waals surface area contributed by atoms with Crippen molar-refractivity contribution in [2.45, 2.75) is 0 Å². The molecule has 0 radical (unpaired) electrons. The molecule has 0 aliphatic rings. The van der Waals surface area contributed by atoms with Gasteiger partial charge in [0.2, 0.25) is 0 Å². The van der Waals surface area contributed by atoms with Gasteiger partial charge < -0.3 is 0 Å². The molecule has 40 heavy (non-hydrogen) atoms. The fourth-order valence-corrected chi connectivity index (χ4v) is 5.77. The Labute approximate surface area is 231 Å². The van der Waals surface area contributed by atoms with Gasteiger partial charge in [-0.3, -0.25) is 15.0 Å². The maximum Gasteiger partial charge on any atom is 0.0964 e. The molecule has 0 saturated carbocycles. The molecule has 3 heterocycles. The Hall–Kier alpha value is -5.41. The van der Waals surface area contributed by atoms with Crippen molar-refractivity contribution < 1.29 is 0 Å². The van der Waals surface area contributed by atoms with Crippen molar-refractivity contribution in [2.24, 2.45) is 0 Å². The first kappa shape index (κ1) is 22.6. The Morgan fingerprint density at radius 3 is 2.10 bits per heavy atom. The van der Waals surface area contributed by atoms with Crippen LogP contribution in [-0.2, 0) is 0 Å². The maximum atomic E-state index is 4.93. The molecule has 8 aromatic rings. The third kappa shape index (κ3) is 3.71. The number of hydrogen-bond donors (Lipinski definition) is 0. The van der Waals surface area contributed by atoms with Gasteiger partial charge in [0.05, 0.1) is 16.6 Å². The first-order valence-corrected chi connectivity index (χ1v) is 13.4. The summed E-state index contributed by atoms with van der Waals surface area (Å²) >= 11 is 0. The summed E-state index contributed by atoms with van der Waals surface area (Å²) in [7, 11) is 0. The lowest BCUT2D eigenvalue weighted by Gasteiger charge is -2.16. The fourth-order valence-electron chi connectivity index (χ4n) is 5.77. The Morgan fingerprint density at radius 2 is 1.12 bits per heavy atom. The van der Waals surface area contributed by atoms with Gasteiger partial charge in [0.25, 0.3) is 0 Å². The molecule has 0 bridgehead atoms. The quantitative estimate of drug-likeness (QED) is 0.223. The van der Waals surface area contributed by atoms with Crippen LogP contribution in [0.25, 0.3) is 76.9 Å². The highest BCUT2D eigenvalue weighted by molar-refractivity contribution is 6.05. The molecule has 3 aromatic heterocycles. The minimum Gasteiger partial charge on any atom is -0.256 e. The van der Waals surface area contributed by atoms with Crippen LogP contribution < -0.4 is 0 Å². The first-order chi connectivity index (χ1) is 19.8. The molecule has 5 aromatic carbocycles. The normalized spacial score (nSPS) is 11.5. The number of nitrogens with zero attached hydrogens (tertiary/aromatic N) is 3. The lowest BCUT2D eigenvalue weighted by Crippen LogP contribution is -1.92. The Balaban J connectivity index is 1.37. The molecular weight excluding hydrogens is 486 g/mol. The zero-order chi connectivity index (χ0) is 26.5. The van der Waals surface area contributed by atoms with E-state index in [4.69, 9.17) is 9.97 Å². The number of pyridine rings is 3. The number of rotatable bonds is 3. The highest BCUT2D eigenvalue weighted by Crippen LogP contribution is 2.40. The van der Waals surface area contributed by atoms with Crippen LogP contribution in [0.3, 0.4) is 0 Å². The van der Waals surface area contributed by atoms with E-state index in [2.05, 4.69) is 114 Å². The summed E-state index contributed by atoms with van der Waals surface area (Å²) in [5, 5.41) is 5.76. The second-order valence-corrected chi connectivity index (χ2v) is 10.1. The number of fused-ring (bicyclic) bond motifs is 5. The van der Waals surface area contributed by atoms with Crippen LogP contribution in [-0.4, -0.2) is 15.0 Å². The first-order valence-electron chi connectivity index (χ1n) is 13.4. The molecule has 8 rings (SSSR count). The van der Waals surface area contributed by atoms with E-state index in [1.807, 2.05) is 30.7 Å². The SMILES string of the molecule is c1ccc2ncc(-c3ccc(-c4cnc5c(ccc6cccnc65)c4)c(-c4cccc5ccccc45)c3)cc2c1. The molecule has 0 unspecified atom stereocenters. The summed E-state index contributed by atoms with van der Waals surface area (Å²) in [6, 6.07) is 42.8. The third-order valence-electron chi connectivity index (χ3n) is 7.76. The Bertz CT molecular complexity index is 2230. The van der Waals surface area contributed by atoms with Gasteiger partial charge >= 0.3 is 0 Å². The standard InChI is InChI=1S/C37H23N3/c1-3-11-31-24(7-1)9-5-12-33(31)34-21-26(29-19-27-8-2-4-13-35(27)39-22-29)16-17-32(34)30-20-28-15-14-25-10-6-18-38-36(25)37(28)40-23-30/h1-23H. The van der Waals surface area contributed by atoms with Crippen molar-refractivity contribution >= 4 is 43.5 Å². The van der Waals surface area contributed by atoms with Crippen LogP contribution >= 0.6 is 0 Å². The number of hydrogen-bond acceptors (Lipinski definition) is 3. The molecule has 0 saturated heterocycles. The lowest BCUT2D eigenvalue weighted by atomic mass is 9.89. The molecule has 186 valence electrons. The Kier molecular flexibility index (Phi) is 5.14. The number of para-hydroxylation sites is 1. The van der Waals surface area contributed by atoms with E-state index in [-0.39, 0.29) is 0 Å². The van der Waals surface area contributed by atoms with Gasteiger partial charge in [-0.1, -0.05) is 91.0 Å².